The van der Waals surface area contributed by atoms with E-state index in [-0.39, 0.29) is 23.8 Å². The van der Waals surface area contributed by atoms with Crippen LogP contribution in [0.4, 0.5) is 0 Å². The van der Waals surface area contributed by atoms with Crippen LogP contribution in [0.1, 0.15) is 68.2 Å². The fourth-order valence-electron chi connectivity index (χ4n) is 5.40. The lowest BCUT2D eigenvalue weighted by molar-refractivity contribution is -0.143. The van der Waals surface area contributed by atoms with Gasteiger partial charge in [-0.05, 0) is 56.0 Å². The third-order valence-electron chi connectivity index (χ3n) is 7.35. The van der Waals surface area contributed by atoms with Gasteiger partial charge in [-0.3, -0.25) is 14.5 Å². The van der Waals surface area contributed by atoms with Gasteiger partial charge < -0.3 is 15.0 Å². The van der Waals surface area contributed by atoms with Crippen molar-refractivity contribution in [2.45, 2.75) is 64.6 Å². The molecule has 6 heteroatoms. The molecule has 0 spiro atoms. The summed E-state index contributed by atoms with van der Waals surface area (Å²) in [6, 6.07) is 16.0. The topological polar surface area (TPSA) is 61.9 Å². The number of nitrogens with zero attached hydrogens (tertiary/aromatic N) is 2. The Morgan fingerprint density at radius 2 is 1.77 bits per heavy atom. The number of likely N-dealkylation sites (tertiary alicyclic amines) is 2. The van der Waals surface area contributed by atoms with E-state index in [1.165, 1.54) is 31.5 Å². The molecule has 0 saturated carbocycles. The van der Waals surface area contributed by atoms with Crippen molar-refractivity contribution in [3.8, 4) is 5.75 Å². The molecule has 2 atom stereocenters. The first-order valence-corrected chi connectivity index (χ1v) is 13.1. The van der Waals surface area contributed by atoms with Crippen LogP contribution in [0, 0.1) is 5.92 Å². The Hall–Kier alpha value is -2.86. The number of para-hydroxylation sites is 1. The van der Waals surface area contributed by atoms with E-state index in [1.54, 1.807) is 7.11 Å². The van der Waals surface area contributed by atoms with Gasteiger partial charge >= 0.3 is 0 Å². The highest BCUT2D eigenvalue weighted by molar-refractivity contribution is 5.85. The second kappa shape index (κ2) is 12.2. The lowest BCUT2D eigenvalue weighted by atomic mass is 9.83. The van der Waals surface area contributed by atoms with Crippen LogP contribution in [-0.2, 0) is 22.7 Å². The van der Waals surface area contributed by atoms with Crippen LogP contribution >= 0.6 is 0 Å². The largest absolute Gasteiger partial charge is 0.496 e. The normalized spacial score (nSPS) is 20.7. The molecule has 2 amide bonds. The van der Waals surface area contributed by atoms with Crippen molar-refractivity contribution in [3.63, 3.8) is 0 Å². The molecule has 35 heavy (non-hydrogen) atoms. The first-order chi connectivity index (χ1) is 17.1. The number of benzene rings is 2. The summed E-state index contributed by atoms with van der Waals surface area (Å²) < 4.78 is 5.63. The number of rotatable bonds is 10. The van der Waals surface area contributed by atoms with E-state index in [1.807, 2.05) is 29.2 Å². The van der Waals surface area contributed by atoms with Crippen LogP contribution in [0.15, 0.2) is 48.5 Å². The predicted molar refractivity (Wildman–Crippen MR) is 138 cm³/mol. The zero-order chi connectivity index (χ0) is 24.6. The zero-order valence-electron chi connectivity index (χ0n) is 21.2. The number of unbranched alkanes of at least 4 members (excludes halogenated alkanes) is 1. The molecule has 2 saturated heterocycles. The third kappa shape index (κ3) is 6.23. The highest BCUT2D eigenvalue weighted by Gasteiger charge is 2.41. The molecule has 188 valence electrons. The van der Waals surface area contributed by atoms with Gasteiger partial charge in [0.05, 0.1) is 19.1 Å². The van der Waals surface area contributed by atoms with Gasteiger partial charge in [0.1, 0.15) is 5.75 Å². The molecular weight excluding hydrogens is 438 g/mol. The second-order valence-corrected chi connectivity index (χ2v) is 9.79. The van der Waals surface area contributed by atoms with E-state index < -0.39 is 0 Å². The molecule has 0 aromatic heterocycles. The number of ether oxygens (including phenoxy) is 1. The molecule has 2 aromatic carbocycles. The number of piperidine rings is 1. The minimum Gasteiger partial charge on any atom is -0.496 e. The van der Waals surface area contributed by atoms with Crippen molar-refractivity contribution in [1.82, 2.24) is 15.1 Å². The summed E-state index contributed by atoms with van der Waals surface area (Å²) in [6.45, 7) is 6.62. The van der Waals surface area contributed by atoms with Gasteiger partial charge in [0.2, 0.25) is 11.8 Å². The lowest BCUT2D eigenvalue weighted by Crippen LogP contribution is -2.48. The van der Waals surface area contributed by atoms with E-state index in [9.17, 15) is 9.59 Å². The van der Waals surface area contributed by atoms with Gasteiger partial charge in [0.15, 0.2) is 0 Å². The smallest absolute Gasteiger partial charge is 0.225 e. The highest BCUT2D eigenvalue weighted by Crippen LogP contribution is 2.40. The highest BCUT2D eigenvalue weighted by atomic mass is 16.5. The van der Waals surface area contributed by atoms with Crippen LogP contribution in [0.3, 0.4) is 0 Å². The zero-order valence-corrected chi connectivity index (χ0v) is 21.2. The van der Waals surface area contributed by atoms with Gasteiger partial charge in [-0.25, -0.2) is 0 Å². The molecule has 2 aliphatic rings. The fraction of sp³-hybridized carbons (Fsp3) is 0.517. The number of carbonyl (C=O) groups excluding carboxylic acids is 2. The average Bonchev–Trinajstić information content (AvgIpc) is 3.40. The number of hydrogen-bond donors (Lipinski definition) is 1. The summed E-state index contributed by atoms with van der Waals surface area (Å²) in [4.78, 5) is 30.8. The summed E-state index contributed by atoms with van der Waals surface area (Å²) in [5.41, 5.74) is 3.31. The quantitative estimate of drug-likeness (QED) is 0.539. The molecule has 1 N–H and O–H groups in total. The third-order valence-corrected chi connectivity index (χ3v) is 7.35. The molecule has 0 aliphatic carbocycles. The van der Waals surface area contributed by atoms with Crippen molar-refractivity contribution in [1.29, 1.82) is 0 Å². The first-order valence-electron chi connectivity index (χ1n) is 13.1. The van der Waals surface area contributed by atoms with E-state index in [0.717, 1.165) is 36.3 Å². The number of hydrogen-bond acceptors (Lipinski definition) is 4. The van der Waals surface area contributed by atoms with Gasteiger partial charge in [-0.1, -0.05) is 55.8 Å². The van der Waals surface area contributed by atoms with Crippen molar-refractivity contribution in [2.75, 3.05) is 26.7 Å². The fourth-order valence-corrected chi connectivity index (χ4v) is 5.40. The molecule has 6 nitrogen and oxygen atoms in total. The number of nitrogens with one attached hydrogen (secondary N) is 1. The van der Waals surface area contributed by atoms with Crippen LogP contribution in [-0.4, -0.2) is 48.4 Å². The maximum atomic E-state index is 13.5. The molecule has 2 heterocycles. The Morgan fingerprint density at radius 3 is 2.49 bits per heavy atom. The standard InChI is InChI=1S/C29H39N3O3/c1-3-4-19-32-27(33)16-15-25(28(32)24-9-5-6-10-26(24)35-2)29(34)30-20-22-11-13-23(14-12-22)21-31-17-7-8-18-31/h5-6,9-14,25,28H,3-4,7-8,15-21H2,1-2H3,(H,30,34)/t25-,28+/m0/s1. The summed E-state index contributed by atoms with van der Waals surface area (Å²) in [5.74, 6) is 0.526. The summed E-state index contributed by atoms with van der Waals surface area (Å²) in [5, 5.41) is 3.16. The molecule has 2 fully saturated rings. The van der Waals surface area contributed by atoms with Crippen molar-refractivity contribution < 1.29 is 14.3 Å². The Balaban J connectivity index is 1.46. The van der Waals surface area contributed by atoms with Gasteiger partial charge in [-0.15, -0.1) is 0 Å². The number of methoxy groups -OCH3 is 1. The van der Waals surface area contributed by atoms with E-state index >= 15 is 0 Å². The maximum absolute atomic E-state index is 13.5. The Labute approximate surface area is 209 Å². The minimum absolute atomic E-state index is 0.00366. The Kier molecular flexibility index (Phi) is 8.80. The Morgan fingerprint density at radius 1 is 1.06 bits per heavy atom. The number of amides is 2. The van der Waals surface area contributed by atoms with Gasteiger partial charge in [0, 0.05) is 31.6 Å². The molecular formula is C29H39N3O3. The summed E-state index contributed by atoms with van der Waals surface area (Å²) >= 11 is 0. The molecule has 4 rings (SSSR count). The van der Waals surface area contributed by atoms with Gasteiger partial charge in [0.25, 0.3) is 0 Å². The van der Waals surface area contributed by atoms with Crippen LogP contribution in [0.2, 0.25) is 0 Å². The first kappa shape index (κ1) is 25.2. The van der Waals surface area contributed by atoms with Crippen LogP contribution < -0.4 is 10.1 Å². The van der Waals surface area contributed by atoms with Gasteiger partial charge in [-0.2, -0.15) is 0 Å². The lowest BCUT2D eigenvalue weighted by Gasteiger charge is -2.41. The molecule has 0 unspecified atom stereocenters. The van der Waals surface area contributed by atoms with Crippen molar-refractivity contribution in [3.05, 3.63) is 65.2 Å². The van der Waals surface area contributed by atoms with Crippen LogP contribution in [0.25, 0.3) is 0 Å². The van der Waals surface area contributed by atoms with Crippen molar-refractivity contribution >= 4 is 11.8 Å². The molecule has 0 radical (unpaired) electrons. The average molecular weight is 478 g/mol. The summed E-state index contributed by atoms with van der Waals surface area (Å²) in [6.07, 6.45) is 5.44. The number of carbonyl (C=O) groups is 2. The van der Waals surface area contributed by atoms with E-state index in [2.05, 4.69) is 41.4 Å². The van der Waals surface area contributed by atoms with Crippen molar-refractivity contribution in [2.24, 2.45) is 5.92 Å². The van der Waals surface area contributed by atoms with E-state index in [0.29, 0.717) is 25.9 Å². The maximum Gasteiger partial charge on any atom is 0.225 e. The summed E-state index contributed by atoms with van der Waals surface area (Å²) in [7, 11) is 1.64. The second-order valence-electron chi connectivity index (χ2n) is 9.79. The van der Waals surface area contributed by atoms with Crippen LogP contribution in [0.5, 0.6) is 5.75 Å². The SMILES string of the molecule is CCCCN1C(=O)CC[C@H](C(=O)NCc2ccc(CN3CCCC3)cc2)[C@H]1c1ccccc1OC. The van der Waals surface area contributed by atoms with E-state index in [4.69, 9.17) is 4.74 Å². The predicted octanol–water partition coefficient (Wildman–Crippen LogP) is 4.69. The molecule has 2 aliphatic heterocycles. The molecule has 2 aromatic rings. The monoisotopic (exact) mass is 477 g/mol. The Bertz CT molecular complexity index is 985. The molecule has 0 bridgehead atoms. The minimum atomic E-state index is -0.318.